The summed E-state index contributed by atoms with van der Waals surface area (Å²) in [6.45, 7) is 7.69. The van der Waals surface area contributed by atoms with Gasteiger partial charge in [-0.05, 0) is 38.8 Å². The lowest BCUT2D eigenvalue weighted by atomic mass is 10.1. The minimum absolute atomic E-state index is 0.142. The van der Waals surface area contributed by atoms with Crippen LogP contribution in [0, 0.1) is 0 Å². The molecule has 0 saturated carbocycles. The van der Waals surface area contributed by atoms with Crippen LogP contribution in [-0.2, 0) is 6.54 Å². The number of rotatable bonds is 6. The average Bonchev–Trinajstić information content (AvgIpc) is 2.27. The Labute approximate surface area is 109 Å². The molecule has 0 aromatic heterocycles. The van der Waals surface area contributed by atoms with Crippen molar-refractivity contribution in [3.63, 3.8) is 0 Å². The highest BCUT2D eigenvalue weighted by Gasteiger charge is 2.10. The van der Waals surface area contributed by atoms with Gasteiger partial charge in [-0.1, -0.05) is 18.2 Å². The fraction of sp³-hybridized carbons (Fsp3) is 0.571. The van der Waals surface area contributed by atoms with Crippen molar-refractivity contribution in [2.45, 2.75) is 44.2 Å². The zero-order valence-corrected chi connectivity index (χ0v) is 11.8. The van der Waals surface area contributed by atoms with Crippen molar-refractivity contribution in [1.29, 1.82) is 0 Å². The van der Waals surface area contributed by atoms with Crippen molar-refractivity contribution in [2.75, 3.05) is 12.4 Å². The molecule has 0 amide bonds. The quantitative estimate of drug-likeness (QED) is 0.604. The highest BCUT2D eigenvalue weighted by molar-refractivity contribution is 7.99. The molecule has 3 heteroatoms. The molecule has 96 valence electrons. The van der Waals surface area contributed by atoms with Crippen LogP contribution in [0.3, 0.4) is 0 Å². The van der Waals surface area contributed by atoms with Crippen molar-refractivity contribution < 1.29 is 5.11 Å². The van der Waals surface area contributed by atoms with Gasteiger partial charge in [0.25, 0.3) is 0 Å². The summed E-state index contributed by atoms with van der Waals surface area (Å²) in [4.78, 5) is 1.32. The van der Waals surface area contributed by atoms with Crippen LogP contribution in [0.4, 0.5) is 0 Å². The molecule has 0 aliphatic carbocycles. The Balaban J connectivity index is 2.58. The van der Waals surface area contributed by atoms with Gasteiger partial charge in [0.1, 0.15) is 0 Å². The smallest absolute Gasteiger partial charge is 0.0439 e. The van der Waals surface area contributed by atoms with Crippen molar-refractivity contribution >= 4 is 11.8 Å². The fourth-order valence-electron chi connectivity index (χ4n) is 1.40. The van der Waals surface area contributed by atoms with Gasteiger partial charge in [0.2, 0.25) is 0 Å². The Hall–Kier alpha value is -0.510. The highest BCUT2D eigenvalue weighted by Crippen LogP contribution is 2.23. The molecular formula is C14H23NOS. The van der Waals surface area contributed by atoms with Crippen LogP contribution >= 0.6 is 11.8 Å². The van der Waals surface area contributed by atoms with Crippen molar-refractivity contribution in [3.8, 4) is 0 Å². The van der Waals surface area contributed by atoms with E-state index in [-0.39, 0.29) is 12.1 Å². The maximum atomic E-state index is 8.80. The molecule has 2 nitrogen and oxygen atoms in total. The van der Waals surface area contributed by atoms with Gasteiger partial charge in [-0.25, -0.2) is 0 Å². The maximum absolute atomic E-state index is 8.80. The summed E-state index contributed by atoms with van der Waals surface area (Å²) in [7, 11) is 0. The molecule has 1 aromatic rings. The van der Waals surface area contributed by atoms with E-state index in [1.165, 1.54) is 10.5 Å². The van der Waals surface area contributed by atoms with E-state index in [9.17, 15) is 0 Å². The number of benzene rings is 1. The first-order valence-electron chi connectivity index (χ1n) is 6.09. The Morgan fingerprint density at radius 2 is 1.94 bits per heavy atom. The Morgan fingerprint density at radius 1 is 1.24 bits per heavy atom. The molecule has 0 bridgehead atoms. The third kappa shape index (κ3) is 6.10. The first kappa shape index (κ1) is 14.6. The third-order valence-electron chi connectivity index (χ3n) is 2.34. The predicted molar refractivity (Wildman–Crippen MR) is 75.5 cm³/mol. The topological polar surface area (TPSA) is 32.3 Å². The Morgan fingerprint density at radius 3 is 2.59 bits per heavy atom. The van der Waals surface area contributed by atoms with Gasteiger partial charge in [-0.15, -0.1) is 11.8 Å². The van der Waals surface area contributed by atoms with Crippen LogP contribution in [-0.4, -0.2) is 23.0 Å². The fourth-order valence-corrected chi connectivity index (χ4v) is 2.39. The minimum atomic E-state index is 0.142. The lowest BCUT2D eigenvalue weighted by molar-refractivity contribution is 0.296. The number of thioether (sulfide) groups is 1. The molecule has 0 spiro atoms. The van der Waals surface area contributed by atoms with Crippen molar-refractivity contribution in [3.05, 3.63) is 29.8 Å². The SMILES string of the molecule is CC(C)(C)NCc1ccccc1SCCCO. The standard InChI is InChI=1S/C14H23NOS/c1-14(2,3)15-11-12-7-4-5-8-13(12)17-10-6-9-16/h4-5,7-8,15-16H,6,9-11H2,1-3H3. The number of hydrogen-bond acceptors (Lipinski definition) is 3. The van der Waals surface area contributed by atoms with Gasteiger partial charge in [-0.2, -0.15) is 0 Å². The Kier molecular flexibility index (Phi) is 6.03. The second-order valence-electron chi connectivity index (χ2n) is 5.14. The van der Waals surface area contributed by atoms with Crippen LogP contribution in [0.2, 0.25) is 0 Å². The molecule has 2 N–H and O–H groups in total. The Bertz CT molecular complexity index is 333. The van der Waals surface area contributed by atoms with Gasteiger partial charge in [0, 0.05) is 29.3 Å². The van der Waals surface area contributed by atoms with E-state index in [2.05, 4.69) is 50.4 Å². The molecule has 0 aliphatic heterocycles. The summed E-state index contributed by atoms with van der Waals surface area (Å²) in [6, 6.07) is 8.47. The van der Waals surface area contributed by atoms with E-state index in [0.717, 1.165) is 18.7 Å². The molecule has 1 rings (SSSR count). The van der Waals surface area contributed by atoms with E-state index in [1.54, 1.807) is 0 Å². The average molecular weight is 253 g/mol. The normalized spacial score (nSPS) is 11.8. The van der Waals surface area contributed by atoms with Gasteiger partial charge in [0.05, 0.1) is 0 Å². The molecule has 0 heterocycles. The summed E-state index contributed by atoms with van der Waals surface area (Å²) in [6.07, 6.45) is 0.853. The highest BCUT2D eigenvalue weighted by atomic mass is 32.2. The van der Waals surface area contributed by atoms with E-state index < -0.39 is 0 Å². The predicted octanol–water partition coefficient (Wildman–Crippen LogP) is 3.05. The molecule has 0 unspecified atom stereocenters. The molecule has 0 aliphatic rings. The zero-order chi connectivity index (χ0) is 12.7. The van der Waals surface area contributed by atoms with Gasteiger partial charge < -0.3 is 10.4 Å². The maximum Gasteiger partial charge on any atom is 0.0439 e. The molecule has 0 radical (unpaired) electrons. The van der Waals surface area contributed by atoms with Crippen LogP contribution in [0.25, 0.3) is 0 Å². The van der Waals surface area contributed by atoms with Crippen LogP contribution < -0.4 is 5.32 Å². The summed E-state index contributed by atoms with van der Waals surface area (Å²) in [5.74, 6) is 0.975. The van der Waals surface area contributed by atoms with E-state index in [0.29, 0.717) is 0 Å². The molecular weight excluding hydrogens is 230 g/mol. The second-order valence-corrected chi connectivity index (χ2v) is 6.27. The first-order valence-corrected chi connectivity index (χ1v) is 7.08. The molecule has 1 aromatic carbocycles. The summed E-state index contributed by atoms with van der Waals surface area (Å²) in [5.41, 5.74) is 1.48. The van der Waals surface area contributed by atoms with Crippen LogP contribution in [0.5, 0.6) is 0 Å². The molecule has 17 heavy (non-hydrogen) atoms. The molecule has 0 fully saturated rings. The van der Waals surface area contributed by atoms with Crippen LogP contribution in [0.1, 0.15) is 32.8 Å². The monoisotopic (exact) mass is 253 g/mol. The second kappa shape index (κ2) is 7.04. The summed E-state index contributed by atoms with van der Waals surface area (Å²) in [5, 5.41) is 12.3. The number of aliphatic hydroxyl groups excluding tert-OH is 1. The van der Waals surface area contributed by atoms with Gasteiger partial charge in [0.15, 0.2) is 0 Å². The van der Waals surface area contributed by atoms with E-state index in [1.807, 2.05) is 11.8 Å². The van der Waals surface area contributed by atoms with Crippen LogP contribution in [0.15, 0.2) is 29.2 Å². The number of hydrogen-bond donors (Lipinski definition) is 2. The minimum Gasteiger partial charge on any atom is -0.396 e. The lowest BCUT2D eigenvalue weighted by Crippen LogP contribution is -2.35. The van der Waals surface area contributed by atoms with Gasteiger partial charge in [-0.3, -0.25) is 0 Å². The zero-order valence-electron chi connectivity index (χ0n) is 11.0. The van der Waals surface area contributed by atoms with Gasteiger partial charge >= 0.3 is 0 Å². The summed E-state index contributed by atoms with van der Waals surface area (Å²) >= 11 is 1.82. The van der Waals surface area contributed by atoms with E-state index in [4.69, 9.17) is 5.11 Å². The summed E-state index contributed by atoms with van der Waals surface area (Å²) < 4.78 is 0. The van der Waals surface area contributed by atoms with E-state index >= 15 is 0 Å². The third-order valence-corrected chi connectivity index (χ3v) is 3.54. The first-order chi connectivity index (χ1) is 8.03. The number of aliphatic hydroxyl groups is 1. The largest absolute Gasteiger partial charge is 0.396 e. The molecule has 0 atom stereocenters. The van der Waals surface area contributed by atoms with Crippen molar-refractivity contribution in [1.82, 2.24) is 5.32 Å². The molecule has 0 saturated heterocycles. The lowest BCUT2D eigenvalue weighted by Gasteiger charge is -2.21. The van der Waals surface area contributed by atoms with Crippen molar-refractivity contribution in [2.24, 2.45) is 0 Å². The number of nitrogens with one attached hydrogen (secondary N) is 1.